The van der Waals surface area contributed by atoms with E-state index in [-0.39, 0.29) is 11.6 Å². The second-order valence-corrected chi connectivity index (χ2v) is 5.16. The van der Waals surface area contributed by atoms with Gasteiger partial charge >= 0.3 is 0 Å². The van der Waals surface area contributed by atoms with E-state index in [2.05, 4.69) is 0 Å². The Labute approximate surface area is 120 Å². The molecule has 1 aromatic carbocycles. The molecular weight excluding hydrogens is 294 g/mol. The molecule has 19 heavy (non-hydrogen) atoms. The number of hydrogen-bond acceptors (Lipinski definition) is 3. The lowest BCUT2D eigenvalue weighted by atomic mass is 10.1. The number of amides is 1. The lowest BCUT2D eigenvalue weighted by molar-refractivity contribution is -0.121. The van der Waals surface area contributed by atoms with Crippen molar-refractivity contribution >= 4 is 29.1 Å². The molecule has 1 aliphatic rings. The number of hydrogen-bond donors (Lipinski definition) is 1. The van der Waals surface area contributed by atoms with E-state index in [0.29, 0.717) is 30.3 Å². The molecule has 7 heteroatoms. The summed E-state index contributed by atoms with van der Waals surface area (Å²) in [7, 11) is 0. The van der Waals surface area contributed by atoms with Gasteiger partial charge in [-0.1, -0.05) is 23.2 Å². The van der Waals surface area contributed by atoms with Crippen LogP contribution in [0.3, 0.4) is 0 Å². The molecule has 0 unspecified atom stereocenters. The molecule has 1 fully saturated rings. The van der Waals surface area contributed by atoms with Crippen molar-refractivity contribution in [3.8, 4) is 0 Å². The van der Waals surface area contributed by atoms with Gasteiger partial charge in [0.2, 0.25) is 5.91 Å². The van der Waals surface area contributed by atoms with Crippen molar-refractivity contribution in [2.75, 3.05) is 26.2 Å². The molecule has 1 aliphatic heterocycles. The number of ether oxygens (including phenoxy) is 1. The van der Waals surface area contributed by atoms with E-state index < -0.39 is 17.8 Å². The molecule has 0 aromatic heterocycles. The number of morpholine rings is 1. The quantitative estimate of drug-likeness (QED) is 0.869. The smallest absolute Gasteiger partial charge is 0.231 e. The highest BCUT2D eigenvalue weighted by atomic mass is 35.5. The molecule has 0 bridgehead atoms. The molecule has 1 heterocycles. The topological polar surface area (TPSA) is 55.6 Å². The van der Waals surface area contributed by atoms with Gasteiger partial charge in [0.15, 0.2) is 0 Å². The van der Waals surface area contributed by atoms with E-state index in [9.17, 15) is 9.18 Å². The van der Waals surface area contributed by atoms with Crippen LogP contribution in [0.2, 0.25) is 10.0 Å². The van der Waals surface area contributed by atoms with Crippen LogP contribution in [0.1, 0.15) is 11.7 Å². The Hall–Kier alpha value is -0.880. The maximum absolute atomic E-state index is 13.5. The van der Waals surface area contributed by atoms with Crippen LogP contribution in [-0.2, 0) is 9.53 Å². The van der Waals surface area contributed by atoms with Gasteiger partial charge in [0.1, 0.15) is 5.82 Å². The number of primary amides is 1. The zero-order chi connectivity index (χ0) is 14.0. The van der Waals surface area contributed by atoms with Gasteiger partial charge < -0.3 is 10.5 Å². The van der Waals surface area contributed by atoms with E-state index in [1.807, 2.05) is 4.90 Å². The fourth-order valence-electron chi connectivity index (χ4n) is 2.04. The third-order valence-electron chi connectivity index (χ3n) is 2.92. The summed E-state index contributed by atoms with van der Waals surface area (Å²) < 4.78 is 19.1. The van der Waals surface area contributed by atoms with Gasteiger partial charge in [-0.25, -0.2) is 4.39 Å². The Morgan fingerprint density at radius 2 is 2.21 bits per heavy atom. The molecule has 0 saturated carbocycles. The van der Waals surface area contributed by atoms with Crippen LogP contribution in [0.25, 0.3) is 0 Å². The van der Waals surface area contributed by atoms with Crippen molar-refractivity contribution in [3.63, 3.8) is 0 Å². The average molecular weight is 307 g/mol. The SMILES string of the molecule is NC(=O)CN1CCO[C@@H](c2cc(F)c(Cl)cc2Cl)C1. The van der Waals surface area contributed by atoms with E-state index in [4.69, 9.17) is 33.7 Å². The van der Waals surface area contributed by atoms with Gasteiger partial charge in [0.25, 0.3) is 0 Å². The molecule has 0 spiro atoms. The lowest BCUT2D eigenvalue weighted by Crippen LogP contribution is -2.42. The molecule has 104 valence electrons. The first-order valence-electron chi connectivity index (χ1n) is 5.74. The van der Waals surface area contributed by atoms with Gasteiger partial charge in [-0.2, -0.15) is 0 Å². The predicted molar refractivity (Wildman–Crippen MR) is 70.7 cm³/mol. The number of carbonyl (C=O) groups excluding carboxylic acids is 1. The Kier molecular flexibility index (Phi) is 4.62. The summed E-state index contributed by atoms with van der Waals surface area (Å²) in [6.45, 7) is 1.61. The standard InChI is InChI=1S/C12H13Cl2FN2O2/c13-8-4-9(14)10(15)3-7(8)11-5-17(1-2-19-11)6-12(16)18/h3-4,11H,1-2,5-6H2,(H2,16,18)/t11-/m1/s1. The van der Waals surface area contributed by atoms with Gasteiger partial charge in [0, 0.05) is 23.7 Å². The number of halogens is 3. The number of carbonyl (C=O) groups is 1. The minimum Gasteiger partial charge on any atom is -0.371 e. The van der Waals surface area contributed by atoms with Crippen LogP contribution in [0, 0.1) is 5.82 Å². The number of nitrogens with two attached hydrogens (primary N) is 1. The monoisotopic (exact) mass is 306 g/mol. The van der Waals surface area contributed by atoms with E-state index in [1.165, 1.54) is 12.1 Å². The highest BCUT2D eigenvalue weighted by Crippen LogP contribution is 2.32. The van der Waals surface area contributed by atoms with Crippen LogP contribution in [0.5, 0.6) is 0 Å². The maximum atomic E-state index is 13.5. The Bertz CT molecular complexity index is 499. The van der Waals surface area contributed by atoms with Crippen molar-refractivity contribution in [3.05, 3.63) is 33.6 Å². The summed E-state index contributed by atoms with van der Waals surface area (Å²) >= 11 is 11.7. The number of nitrogens with zero attached hydrogens (tertiary/aromatic N) is 1. The van der Waals surface area contributed by atoms with Crippen molar-refractivity contribution in [2.45, 2.75) is 6.10 Å². The van der Waals surface area contributed by atoms with Gasteiger partial charge in [-0.15, -0.1) is 0 Å². The van der Waals surface area contributed by atoms with E-state index >= 15 is 0 Å². The van der Waals surface area contributed by atoms with Crippen LogP contribution >= 0.6 is 23.2 Å². The summed E-state index contributed by atoms with van der Waals surface area (Å²) in [6, 6.07) is 2.62. The molecule has 0 radical (unpaired) electrons. The number of benzene rings is 1. The van der Waals surface area contributed by atoms with Crippen LogP contribution in [0.4, 0.5) is 4.39 Å². The highest BCUT2D eigenvalue weighted by Gasteiger charge is 2.25. The molecule has 2 rings (SSSR count). The first-order chi connectivity index (χ1) is 8.97. The summed E-state index contributed by atoms with van der Waals surface area (Å²) in [6.07, 6.45) is -0.396. The number of rotatable bonds is 3. The minimum absolute atomic E-state index is 0.0291. The largest absolute Gasteiger partial charge is 0.371 e. The van der Waals surface area contributed by atoms with Gasteiger partial charge in [-0.3, -0.25) is 9.69 Å². The zero-order valence-electron chi connectivity index (χ0n) is 10.0. The average Bonchev–Trinajstić information content (AvgIpc) is 2.33. The fourth-order valence-corrected chi connectivity index (χ4v) is 2.54. The molecule has 4 nitrogen and oxygen atoms in total. The molecule has 1 atom stereocenters. The molecule has 0 aliphatic carbocycles. The summed E-state index contributed by atoms with van der Waals surface area (Å²) in [5.41, 5.74) is 5.68. The van der Waals surface area contributed by atoms with E-state index in [1.54, 1.807) is 0 Å². The Morgan fingerprint density at radius 3 is 2.89 bits per heavy atom. The van der Waals surface area contributed by atoms with Crippen molar-refractivity contribution < 1.29 is 13.9 Å². The molecule has 1 saturated heterocycles. The fraction of sp³-hybridized carbons (Fsp3) is 0.417. The summed E-state index contributed by atoms with van der Waals surface area (Å²) in [4.78, 5) is 12.8. The first kappa shape index (κ1) is 14.5. The van der Waals surface area contributed by atoms with Crippen molar-refractivity contribution in [2.24, 2.45) is 5.73 Å². The second kappa shape index (κ2) is 6.05. The molecular formula is C12H13Cl2FN2O2. The van der Waals surface area contributed by atoms with Crippen LogP contribution < -0.4 is 5.73 Å². The Balaban J connectivity index is 2.17. The molecule has 1 aromatic rings. The Morgan fingerprint density at radius 1 is 1.47 bits per heavy atom. The van der Waals surface area contributed by atoms with Crippen molar-refractivity contribution in [1.29, 1.82) is 0 Å². The van der Waals surface area contributed by atoms with Crippen LogP contribution in [-0.4, -0.2) is 37.0 Å². The zero-order valence-corrected chi connectivity index (χ0v) is 11.5. The second-order valence-electron chi connectivity index (χ2n) is 4.35. The molecule has 1 amide bonds. The minimum atomic E-state index is -0.545. The third kappa shape index (κ3) is 3.57. The predicted octanol–water partition coefficient (Wildman–Crippen LogP) is 1.99. The van der Waals surface area contributed by atoms with Crippen molar-refractivity contribution in [1.82, 2.24) is 4.90 Å². The van der Waals surface area contributed by atoms with E-state index in [0.717, 1.165) is 0 Å². The summed E-state index contributed by atoms with van der Waals surface area (Å²) in [5.74, 6) is -0.953. The normalized spacial score (nSPS) is 20.5. The summed E-state index contributed by atoms with van der Waals surface area (Å²) in [5, 5.41) is 0.316. The van der Waals surface area contributed by atoms with Crippen LogP contribution in [0.15, 0.2) is 12.1 Å². The highest BCUT2D eigenvalue weighted by molar-refractivity contribution is 6.35. The first-order valence-corrected chi connectivity index (χ1v) is 6.49. The van der Waals surface area contributed by atoms with Gasteiger partial charge in [-0.05, 0) is 12.1 Å². The molecule has 2 N–H and O–H groups in total. The maximum Gasteiger partial charge on any atom is 0.231 e. The lowest BCUT2D eigenvalue weighted by Gasteiger charge is -2.32. The third-order valence-corrected chi connectivity index (χ3v) is 3.53. The van der Waals surface area contributed by atoms with Gasteiger partial charge in [0.05, 0.1) is 24.3 Å².